The molecule has 0 heterocycles. The average molecular weight is 274 g/mol. The number of halogens is 3. The van der Waals surface area contributed by atoms with Crippen molar-refractivity contribution in [3.8, 4) is 0 Å². The molecule has 0 saturated carbocycles. The molecule has 1 amide bonds. The Morgan fingerprint density at radius 3 is 2.26 bits per heavy atom. The largest absolute Gasteiger partial charge is 0.509 e. The van der Waals surface area contributed by atoms with E-state index in [1.54, 1.807) is 20.8 Å². The predicted molar refractivity (Wildman–Crippen MR) is 69.7 cm³/mol. The van der Waals surface area contributed by atoms with E-state index in [2.05, 4.69) is 5.32 Å². The SMILES string of the molecule is Cc1cc(NC(=O)OC(C)(C)C)ccc1[B-](F)(F)F. The second kappa shape index (κ2) is 5.15. The molecule has 1 aromatic carbocycles. The minimum Gasteiger partial charge on any atom is -0.445 e. The summed E-state index contributed by atoms with van der Waals surface area (Å²) in [5.41, 5.74) is -0.972. The van der Waals surface area contributed by atoms with Crippen LogP contribution in [0.5, 0.6) is 0 Å². The summed E-state index contributed by atoms with van der Waals surface area (Å²) >= 11 is 0. The average Bonchev–Trinajstić information content (AvgIpc) is 2.11. The summed E-state index contributed by atoms with van der Waals surface area (Å²) in [4.78, 5) is 11.5. The molecule has 19 heavy (non-hydrogen) atoms. The molecule has 0 aliphatic rings. The molecule has 0 aliphatic heterocycles. The number of nitrogens with one attached hydrogen (secondary N) is 1. The molecule has 3 nitrogen and oxygen atoms in total. The van der Waals surface area contributed by atoms with Gasteiger partial charge in [-0.2, -0.15) is 0 Å². The van der Waals surface area contributed by atoms with Gasteiger partial charge in [0.15, 0.2) is 0 Å². The zero-order valence-electron chi connectivity index (χ0n) is 11.3. The number of carbonyl (C=O) groups excluding carboxylic acids is 1. The normalized spacial score (nSPS) is 12.2. The molecule has 1 N–H and O–H groups in total. The third kappa shape index (κ3) is 4.85. The van der Waals surface area contributed by atoms with Gasteiger partial charge in [-0.05, 0) is 39.8 Å². The van der Waals surface area contributed by atoms with E-state index in [0.717, 1.165) is 6.07 Å². The fraction of sp³-hybridized carbons (Fsp3) is 0.417. The van der Waals surface area contributed by atoms with Gasteiger partial charge in [-0.3, -0.25) is 5.32 Å². The minimum atomic E-state index is -5.04. The highest BCUT2D eigenvalue weighted by molar-refractivity contribution is 6.74. The number of carbonyl (C=O) groups is 1. The highest BCUT2D eigenvalue weighted by Gasteiger charge is 2.27. The zero-order chi connectivity index (χ0) is 14.8. The van der Waals surface area contributed by atoms with Gasteiger partial charge >= 0.3 is 13.1 Å². The van der Waals surface area contributed by atoms with Crippen molar-refractivity contribution in [2.75, 3.05) is 5.32 Å². The molecule has 7 heteroatoms. The molecule has 0 aromatic heterocycles. The minimum absolute atomic E-state index is 0.0704. The quantitative estimate of drug-likeness (QED) is 0.839. The Morgan fingerprint density at radius 2 is 1.84 bits per heavy atom. The smallest absolute Gasteiger partial charge is 0.445 e. The van der Waals surface area contributed by atoms with Gasteiger partial charge in [-0.15, -0.1) is 5.46 Å². The van der Waals surface area contributed by atoms with Crippen LogP contribution in [-0.4, -0.2) is 18.7 Å². The number of amides is 1. The topological polar surface area (TPSA) is 38.3 Å². The molecule has 0 saturated heterocycles. The van der Waals surface area contributed by atoms with Crippen LogP contribution >= 0.6 is 0 Å². The number of ether oxygens (including phenoxy) is 1. The van der Waals surface area contributed by atoms with Gasteiger partial charge in [0, 0.05) is 5.69 Å². The van der Waals surface area contributed by atoms with Crippen molar-refractivity contribution >= 4 is 24.2 Å². The number of benzene rings is 1. The van der Waals surface area contributed by atoms with Crippen molar-refractivity contribution in [3.63, 3.8) is 0 Å². The van der Waals surface area contributed by atoms with Gasteiger partial charge in [-0.25, -0.2) is 4.79 Å². The van der Waals surface area contributed by atoms with Crippen LogP contribution in [-0.2, 0) is 4.74 Å². The van der Waals surface area contributed by atoms with Crippen LogP contribution in [0.4, 0.5) is 23.4 Å². The number of aryl methyl sites for hydroxylation is 1. The van der Waals surface area contributed by atoms with E-state index in [9.17, 15) is 17.7 Å². The fourth-order valence-electron chi connectivity index (χ4n) is 1.54. The van der Waals surface area contributed by atoms with Crippen LogP contribution in [0.15, 0.2) is 18.2 Å². The van der Waals surface area contributed by atoms with Crippen molar-refractivity contribution < 1.29 is 22.5 Å². The van der Waals surface area contributed by atoms with Crippen molar-refractivity contribution in [2.45, 2.75) is 33.3 Å². The first-order valence-electron chi connectivity index (χ1n) is 5.79. The van der Waals surface area contributed by atoms with E-state index in [-0.39, 0.29) is 11.3 Å². The Labute approximate surface area is 110 Å². The molecule has 0 spiro atoms. The Kier molecular flexibility index (Phi) is 4.17. The fourth-order valence-corrected chi connectivity index (χ4v) is 1.54. The van der Waals surface area contributed by atoms with Gasteiger partial charge in [0.05, 0.1) is 0 Å². The number of anilines is 1. The van der Waals surface area contributed by atoms with E-state index in [1.165, 1.54) is 19.1 Å². The third-order valence-corrected chi connectivity index (χ3v) is 2.27. The first-order chi connectivity index (χ1) is 8.49. The molecular formula is C12H16BF3NO2-. The van der Waals surface area contributed by atoms with Gasteiger partial charge in [0.25, 0.3) is 0 Å². The van der Waals surface area contributed by atoms with Gasteiger partial charge in [-0.1, -0.05) is 11.6 Å². The van der Waals surface area contributed by atoms with E-state index < -0.39 is 24.1 Å². The van der Waals surface area contributed by atoms with Crippen LogP contribution in [0.1, 0.15) is 26.3 Å². The number of hydrogen-bond acceptors (Lipinski definition) is 2. The van der Waals surface area contributed by atoms with Crippen LogP contribution in [0, 0.1) is 6.92 Å². The highest BCUT2D eigenvalue weighted by atomic mass is 19.4. The Morgan fingerprint density at radius 1 is 1.26 bits per heavy atom. The number of hydrogen-bond donors (Lipinski definition) is 1. The number of rotatable bonds is 2. The first kappa shape index (κ1) is 15.4. The van der Waals surface area contributed by atoms with E-state index in [0.29, 0.717) is 0 Å². The van der Waals surface area contributed by atoms with Crippen molar-refractivity contribution in [2.24, 2.45) is 0 Å². The van der Waals surface area contributed by atoms with Crippen LogP contribution in [0.3, 0.4) is 0 Å². The molecule has 1 rings (SSSR count). The van der Waals surface area contributed by atoms with Crippen LogP contribution in [0.25, 0.3) is 0 Å². The second-order valence-electron chi connectivity index (χ2n) is 5.27. The van der Waals surface area contributed by atoms with Gasteiger partial charge < -0.3 is 17.7 Å². The molecule has 106 valence electrons. The summed E-state index contributed by atoms with van der Waals surface area (Å²) in [5.74, 6) is 0. The molecule has 0 fully saturated rings. The first-order valence-corrected chi connectivity index (χ1v) is 5.79. The molecule has 0 atom stereocenters. The van der Waals surface area contributed by atoms with Crippen molar-refractivity contribution in [3.05, 3.63) is 23.8 Å². The lowest BCUT2D eigenvalue weighted by Gasteiger charge is -2.21. The Hall–Kier alpha value is -1.66. The van der Waals surface area contributed by atoms with Crippen molar-refractivity contribution in [1.29, 1.82) is 0 Å². The van der Waals surface area contributed by atoms with Crippen molar-refractivity contribution in [1.82, 2.24) is 0 Å². The lowest BCUT2D eigenvalue weighted by molar-refractivity contribution is 0.0636. The lowest BCUT2D eigenvalue weighted by atomic mass is 9.77. The molecular weight excluding hydrogens is 258 g/mol. The van der Waals surface area contributed by atoms with Crippen LogP contribution in [0.2, 0.25) is 0 Å². The molecule has 0 radical (unpaired) electrons. The summed E-state index contributed by atoms with van der Waals surface area (Å²) in [5, 5.41) is 2.40. The standard InChI is InChI=1S/C12H16BF3NO2/c1-8-7-9(5-6-10(8)13(14,15)16)17-11(18)19-12(2,3)4/h5-7H,1-4H3,(H,17,18)/q-1. The van der Waals surface area contributed by atoms with E-state index >= 15 is 0 Å². The summed E-state index contributed by atoms with van der Waals surface area (Å²) in [6, 6.07) is 3.44. The monoisotopic (exact) mass is 274 g/mol. The summed E-state index contributed by atoms with van der Waals surface area (Å²) in [7, 11) is 0. The molecule has 1 aromatic rings. The Bertz CT molecular complexity index is 481. The lowest BCUT2D eigenvalue weighted by Crippen LogP contribution is -2.36. The molecule has 0 bridgehead atoms. The maximum atomic E-state index is 12.6. The predicted octanol–water partition coefficient (Wildman–Crippen LogP) is 3.40. The van der Waals surface area contributed by atoms with Gasteiger partial charge in [0.1, 0.15) is 5.60 Å². The maximum Gasteiger partial charge on any atom is 0.509 e. The highest BCUT2D eigenvalue weighted by Crippen LogP contribution is 2.17. The summed E-state index contributed by atoms with van der Waals surface area (Å²) in [6.07, 6.45) is -0.697. The maximum absolute atomic E-state index is 12.6. The third-order valence-electron chi connectivity index (χ3n) is 2.27. The van der Waals surface area contributed by atoms with E-state index in [1.807, 2.05) is 0 Å². The zero-order valence-corrected chi connectivity index (χ0v) is 11.3. The summed E-state index contributed by atoms with van der Waals surface area (Å²) < 4.78 is 42.9. The van der Waals surface area contributed by atoms with E-state index in [4.69, 9.17) is 4.74 Å². The van der Waals surface area contributed by atoms with Crippen LogP contribution < -0.4 is 10.8 Å². The van der Waals surface area contributed by atoms with Gasteiger partial charge in [0.2, 0.25) is 0 Å². The Balaban J connectivity index is 2.83. The second-order valence-corrected chi connectivity index (χ2v) is 5.27. The molecule has 0 unspecified atom stereocenters. The molecule has 0 aliphatic carbocycles. The summed E-state index contributed by atoms with van der Waals surface area (Å²) in [6.45, 7) is 1.42.